The molecular formula is C17H22BrIN4S. The predicted molar refractivity (Wildman–Crippen MR) is 118 cm³/mol. The number of anilines is 1. The van der Waals surface area contributed by atoms with E-state index in [1.807, 2.05) is 7.05 Å². The van der Waals surface area contributed by atoms with Crippen molar-refractivity contribution in [2.24, 2.45) is 4.99 Å². The quantitative estimate of drug-likeness (QED) is 0.362. The molecule has 1 aromatic heterocycles. The van der Waals surface area contributed by atoms with Gasteiger partial charge in [-0.2, -0.15) is 11.3 Å². The standard InChI is InChI=1S/C17H21BrN4S.HI/c1-19-17(20-10-13-7-9-23-12-13)21-15-6-8-22(11-15)16-4-2-14(18)3-5-16;/h2-5,7,9,12,15H,6,8,10-11H2,1H3,(H2,19,20,21);1H. The fraction of sp³-hybridized carbons (Fsp3) is 0.353. The highest BCUT2D eigenvalue weighted by Crippen LogP contribution is 2.22. The fourth-order valence-electron chi connectivity index (χ4n) is 2.73. The van der Waals surface area contributed by atoms with Gasteiger partial charge in [-0.15, -0.1) is 24.0 Å². The van der Waals surface area contributed by atoms with Crippen LogP contribution in [0, 0.1) is 0 Å². The Morgan fingerprint density at radius 2 is 2.12 bits per heavy atom. The molecule has 2 N–H and O–H groups in total. The van der Waals surface area contributed by atoms with Crippen molar-refractivity contribution < 1.29 is 0 Å². The van der Waals surface area contributed by atoms with Gasteiger partial charge in [0.05, 0.1) is 0 Å². The van der Waals surface area contributed by atoms with Crippen molar-refractivity contribution in [2.45, 2.75) is 19.0 Å². The molecule has 0 bridgehead atoms. The normalized spacial score (nSPS) is 17.5. The van der Waals surface area contributed by atoms with Crippen molar-refractivity contribution in [1.82, 2.24) is 10.6 Å². The van der Waals surface area contributed by atoms with E-state index in [1.54, 1.807) is 11.3 Å². The van der Waals surface area contributed by atoms with E-state index >= 15 is 0 Å². The summed E-state index contributed by atoms with van der Waals surface area (Å²) >= 11 is 5.21. The van der Waals surface area contributed by atoms with Crippen LogP contribution in [-0.4, -0.2) is 32.1 Å². The molecule has 1 aliphatic heterocycles. The second-order valence-electron chi connectivity index (χ2n) is 5.61. The molecule has 0 spiro atoms. The first-order valence-corrected chi connectivity index (χ1v) is 9.47. The minimum absolute atomic E-state index is 0. The second-order valence-corrected chi connectivity index (χ2v) is 7.31. The number of hydrogen-bond acceptors (Lipinski definition) is 3. The number of aliphatic imine (C=N–C) groups is 1. The van der Waals surface area contributed by atoms with Crippen LogP contribution in [0.5, 0.6) is 0 Å². The summed E-state index contributed by atoms with van der Waals surface area (Å²) in [4.78, 5) is 6.75. The second kappa shape index (κ2) is 9.62. The molecule has 1 unspecified atom stereocenters. The maximum atomic E-state index is 4.33. The molecule has 2 heterocycles. The average Bonchev–Trinajstić information content (AvgIpc) is 3.24. The third kappa shape index (κ3) is 5.35. The van der Waals surface area contributed by atoms with Gasteiger partial charge in [0.2, 0.25) is 0 Å². The molecule has 1 atom stereocenters. The largest absolute Gasteiger partial charge is 0.369 e. The number of nitrogens with zero attached hydrogens (tertiary/aromatic N) is 2. The summed E-state index contributed by atoms with van der Waals surface area (Å²) in [7, 11) is 1.82. The van der Waals surface area contributed by atoms with Gasteiger partial charge in [0.1, 0.15) is 0 Å². The monoisotopic (exact) mass is 520 g/mol. The summed E-state index contributed by atoms with van der Waals surface area (Å²) in [5.41, 5.74) is 2.57. The van der Waals surface area contributed by atoms with Gasteiger partial charge in [-0.25, -0.2) is 0 Å². The molecular weight excluding hydrogens is 499 g/mol. The zero-order chi connectivity index (χ0) is 16.1. The summed E-state index contributed by atoms with van der Waals surface area (Å²) in [6, 6.07) is 11.1. The molecule has 3 rings (SSSR count). The Bertz CT molecular complexity index is 645. The van der Waals surface area contributed by atoms with Gasteiger partial charge in [-0.05, 0) is 53.1 Å². The maximum absolute atomic E-state index is 4.33. The molecule has 1 fully saturated rings. The number of thiophene rings is 1. The highest BCUT2D eigenvalue weighted by atomic mass is 127. The van der Waals surface area contributed by atoms with Crippen LogP contribution in [-0.2, 0) is 6.54 Å². The summed E-state index contributed by atoms with van der Waals surface area (Å²) in [6.07, 6.45) is 1.12. The highest BCUT2D eigenvalue weighted by Gasteiger charge is 2.23. The van der Waals surface area contributed by atoms with Crippen molar-refractivity contribution in [3.05, 3.63) is 51.1 Å². The Kier molecular flexibility index (Phi) is 7.83. The molecule has 0 radical (unpaired) electrons. The molecule has 7 heteroatoms. The van der Waals surface area contributed by atoms with Gasteiger partial charge in [0.25, 0.3) is 0 Å². The van der Waals surface area contributed by atoms with Crippen LogP contribution in [0.2, 0.25) is 0 Å². The van der Waals surface area contributed by atoms with E-state index in [0.29, 0.717) is 6.04 Å². The van der Waals surface area contributed by atoms with Gasteiger partial charge >= 0.3 is 0 Å². The summed E-state index contributed by atoms with van der Waals surface area (Å²) in [5.74, 6) is 0.874. The maximum Gasteiger partial charge on any atom is 0.191 e. The van der Waals surface area contributed by atoms with Gasteiger partial charge in [-0.3, -0.25) is 4.99 Å². The van der Waals surface area contributed by atoms with Crippen LogP contribution in [0.25, 0.3) is 0 Å². The lowest BCUT2D eigenvalue weighted by molar-refractivity contribution is 0.649. The topological polar surface area (TPSA) is 39.7 Å². The molecule has 0 amide bonds. The SMILES string of the molecule is CN=C(NCc1ccsc1)NC1CCN(c2ccc(Br)cc2)C1.I. The minimum Gasteiger partial charge on any atom is -0.369 e. The number of guanidine groups is 1. The zero-order valence-electron chi connectivity index (χ0n) is 13.5. The fourth-order valence-corrected chi connectivity index (χ4v) is 3.66. The predicted octanol–water partition coefficient (Wildman–Crippen LogP) is 4.07. The van der Waals surface area contributed by atoms with Crippen molar-refractivity contribution in [3.63, 3.8) is 0 Å². The van der Waals surface area contributed by atoms with Crippen molar-refractivity contribution in [1.29, 1.82) is 0 Å². The van der Waals surface area contributed by atoms with Crippen LogP contribution in [0.3, 0.4) is 0 Å². The lowest BCUT2D eigenvalue weighted by Gasteiger charge is -2.20. The van der Waals surface area contributed by atoms with E-state index in [2.05, 4.69) is 77.5 Å². The molecule has 1 saturated heterocycles. The number of rotatable bonds is 4. The number of hydrogen-bond donors (Lipinski definition) is 2. The number of halogens is 2. The third-order valence-corrected chi connectivity index (χ3v) is 5.25. The van der Waals surface area contributed by atoms with E-state index in [1.165, 1.54) is 11.3 Å². The first kappa shape index (κ1) is 19.5. The third-order valence-electron chi connectivity index (χ3n) is 3.98. The first-order valence-electron chi connectivity index (χ1n) is 7.73. The van der Waals surface area contributed by atoms with Crippen LogP contribution < -0.4 is 15.5 Å². The Labute approximate surface area is 172 Å². The van der Waals surface area contributed by atoms with Crippen LogP contribution in [0.1, 0.15) is 12.0 Å². The Morgan fingerprint density at radius 3 is 2.79 bits per heavy atom. The van der Waals surface area contributed by atoms with Gasteiger partial charge < -0.3 is 15.5 Å². The first-order chi connectivity index (χ1) is 11.2. The van der Waals surface area contributed by atoms with E-state index in [0.717, 1.165) is 36.5 Å². The Morgan fingerprint density at radius 1 is 1.33 bits per heavy atom. The average molecular weight is 521 g/mol. The van der Waals surface area contributed by atoms with Gasteiger partial charge in [-0.1, -0.05) is 15.9 Å². The highest BCUT2D eigenvalue weighted by molar-refractivity contribution is 14.0. The lowest BCUT2D eigenvalue weighted by atomic mass is 10.2. The minimum atomic E-state index is 0. The Balaban J connectivity index is 0.00000208. The van der Waals surface area contributed by atoms with Crippen LogP contribution >= 0.6 is 51.2 Å². The lowest BCUT2D eigenvalue weighted by Crippen LogP contribution is -2.44. The van der Waals surface area contributed by atoms with E-state index in [9.17, 15) is 0 Å². The smallest absolute Gasteiger partial charge is 0.191 e. The molecule has 0 saturated carbocycles. The molecule has 4 nitrogen and oxygen atoms in total. The summed E-state index contributed by atoms with van der Waals surface area (Å²) in [6.45, 7) is 2.88. The van der Waals surface area contributed by atoms with E-state index in [-0.39, 0.29) is 24.0 Å². The van der Waals surface area contributed by atoms with Crippen molar-refractivity contribution >= 4 is 62.9 Å². The van der Waals surface area contributed by atoms with Gasteiger partial charge in [0, 0.05) is 42.9 Å². The summed E-state index contributed by atoms with van der Waals surface area (Å²) < 4.78 is 1.12. The van der Waals surface area contributed by atoms with Crippen LogP contribution in [0.4, 0.5) is 5.69 Å². The van der Waals surface area contributed by atoms with Crippen molar-refractivity contribution in [2.75, 3.05) is 25.0 Å². The summed E-state index contributed by atoms with van der Waals surface area (Å²) in [5, 5.41) is 11.2. The van der Waals surface area contributed by atoms with E-state index < -0.39 is 0 Å². The molecule has 2 aromatic rings. The van der Waals surface area contributed by atoms with E-state index in [4.69, 9.17) is 0 Å². The number of nitrogens with one attached hydrogen (secondary N) is 2. The molecule has 130 valence electrons. The van der Waals surface area contributed by atoms with Crippen molar-refractivity contribution in [3.8, 4) is 0 Å². The molecule has 1 aromatic carbocycles. The van der Waals surface area contributed by atoms with Crippen LogP contribution in [0.15, 0.2) is 50.6 Å². The Hall–Kier alpha value is -0.800. The molecule has 1 aliphatic rings. The molecule has 24 heavy (non-hydrogen) atoms. The number of benzene rings is 1. The molecule has 0 aliphatic carbocycles. The van der Waals surface area contributed by atoms with Gasteiger partial charge in [0.15, 0.2) is 5.96 Å². The zero-order valence-corrected chi connectivity index (χ0v) is 18.3.